The molecule has 0 saturated carbocycles. The maximum atomic E-state index is 12.2. The molecule has 0 radical (unpaired) electrons. The van der Waals surface area contributed by atoms with E-state index in [0.717, 1.165) is 22.7 Å². The standard InChI is InChI=1S/C22H29NO3/c1-16(2)14-25-18-12-10-17(11-13-18)23-21(24)15-26-20-9-7-6-8-19(20)22(3,4)5/h6-13,16H,14-15H2,1-5H3,(H,23,24). The lowest BCUT2D eigenvalue weighted by Crippen LogP contribution is -2.21. The predicted octanol–water partition coefficient (Wildman–Crippen LogP) is 5.04. The number of amides is 1. The van der Waals surface area contributed by atoms with Crippen molar-refractivity contribution < 1.29 is 14.3 Å². The zero-order chi connectivity index (χ0) is 19.2. The van der Waals surface area contributed by atoms with Crippen molar-refractivity contribution in [3.05, 3.63) is 54.1 Å². The highest BCUT2D eigenvalue weighted by atomic mass is 16.5. The molecule has 0 bridgehead atoms. The van der Waals surface area contributed by atoms with E-state index in [9.17, 15) is 4.79 Å². The summed E-state index contributed by atoms with van der Waals surface area (Å²) in [6, 6.07) is 15.2. The summed E-state index contributed by atoms with van der Waals surface area (Å²) in [5.41, 5.74) is 1.76. The number of hydrogen-bond acceptors (Lipinski definition) is 3. The van der Waals surface area contributed by atoms with Crippen LogP contribution in [0.2, 0.25) is 0 Å². The molecule has 2 rings (SSSR count). The molecule has 4 heteroatoms. The van der Waals surface area contributed by atoms with Crippen molar-refractivity contribution in [1.82, 2.24) is 0 Å². The predicted molar refractivity (Wildman–Crippen MR) is 106 cm³/mol. The van der Waals surface area contributed by atoms with Gasteiger partial charge in [-0.1, -0.05) is 52.8 Å². The molecule has 0 unspecified atom stereocenters. The Morgan fingerprint density at radius 1 is 1.00 bits per heavy atom. The maximum Gasteiger partial charge on any atom is 0.262 e. The fourth-order valence-corrected chi connectivity index (χ4v) is 2.45. The molecule has 0 aromatic heterocycles. The minimum Gasteiger partial charge on any atom is -0.493 e. The van der Waals surface area contributed by atoms with Gasteiger partial charge in [-0.2, -0.15) is 0 Å². The second-order valence-corrected chi connectivity index (χ2v) is 7.81. The van der Waals surface area contributed by atoms with Gasteiger partial charge in [0.05, 0.1) is 6.61 Å². The summed E-state index contributed by atoms with van der Waals surface area (Å²) in [6.45, 7) is 11.2. The van der Waals surface area contributed by atoms with E-state index in [1.807, 2.05) is 48.5 Å². The number of carbonyl (C=O) groups is 1. The zero-order valence-corrected chi connectivity index (χ0v) is 16.3. The molecule has 0 aliphatic carbocycles. The second-order valence-electron chi connectivity index (χ2n) is 7.81. The molecule has 0 spiro atoms. The van der Waals surface area contributed by atoms with Gasteiger partial charge in [0.2, 0.25) is 0 Å². The van der Waals surface area contributed by atoms with Gasteiger partial charge in [0.1, 0.15) is 11.5 Å². The third-order valence-corrected chi connectivity index (χ3v) is 3.78. The van der Waals surface area contributed by atoms with Crippen LogP contribution >= 0.6 is 0 Å². The highest BCUT2D eigenvalue weighted by Crippen LogP contribution is 2.30. The van der Waals surface area contributed by atoms with Crippen LogP contribution in [0.25, 0.3) is 0 Å². The Bertz CT molecular complexity index is 715. The van der Waals surface area contributed by atoms with Crippen molar-refractivity contribution in [3.63, 3.8) is 0 Å². The van der Waals surface area contributed by atoms with Crippen LogP contribution in [0.5, 0.6) is 11.5 Å². The second kappa shape index (κ2) is 8.75. The number of hydrogen-bond donors (Lipinski definition) is 1. The third-order valence-electron chi connectivity index (χ3n) is 3.78. The first kappa shape index (κ1) is 19.8. The summed E-state index contributed by atoms with van der Waals surface area (Å²) in [4.78, 5) is 12.2. The van der Waals surface area contributed by atoms with Crippen LogP contribution in [0, 0.1) is 5.92 Å². The number of rotatable bonds is 7. The van der Waals surface area contributed by atoms with E-state index in [-0.39, 0.29) is 17.9 Å². The lowest BCUT2D eigenvalue weighted by Gasteiger charge is -2.22. The van der Waals surface area contributed by atoms with Gasteiger partial charge in [-0.15, -0.1) is 0 Å². The summed E-state index contributed by atoms with van der Waals surface area (Å²) in [7, 11) is 0. The first-order valence-electron chi connectivity index (χ1n) is 9.00. The Kier molecular flexibility index (Phi) is 6.67. The molecule has 0 saturated heterocycles. The number of carbonyl (C=O) groups excluding carboxylic acids is 1. The van der Waals surface area contributed by atoms with Crippen molar-refractivity contribution in [3.8, 4) is 11.5 Å². The molecule has 0 aliphatic heterocycles. The average molecular weight is 355 g/mol. The van der Waals surface area contributed by atoms with Crippen LogP contribution in [0.3, 0.4) is 0 Å². The number of para-hydroxylation sites is 1. The van der Waals surface area contributed by atoms with Gasteiger partial charge in [0, 0.05) is 5.69 Å². The molecular formula is C22H29NO3. The number of nitrogens with one attached hydrogen (secondary N) is 1. The Balaban J connectivity index is 1.90. The molecule has 1 amide bonds. The van der Waals surface area contributed by atoms with Crippen LogP contribution in [0.15, 0.2) is 48.5 Å². The first-order chi connectivity index (χ1) is 12.3. The Labute approximate surface area is 156 Å². The van der Waals surface area contributed by atoms with Gasteiger partial charge in [0.25, 0.3) is 5.91 Å². The number of ether oxygens (including phenoxy) is 2. The highest BCUT2D eigenvalue weighted by molar-refractivity contribution is 5.91. The normalized spacial score (nSPS) is 11.3. The van der Waals surface area contributed by atoms with Crippen molar-refractivity contribution in [2.24, 2.45) is 5.92 Å². The van der Waals surface area contributed by atoms with E-state index in [4.69, 9.17) is 9.47 Å². The van der Waals surface area contributed by atoms with E-state index >= 15 is 0 Å². The lowest BCUT2D eigenvalue weighted by molar-refractivity contribution is -0.118. The number of anilines is 1. The third kappa shape index (κ3) is 6.10. The van der Waals surface area contributed by atoms with Gasteiger partial charge in [0.15, 0.2) is 6.61 Å². The van der Waals surface area contributed by atoms with Crippen LogP contribution in [-0.4, -0.2) is 19.1 Å². The van der Waals surface area contributed by atoms with Crippen molar-refractivity contribution >= 4 is 11.6 Å². The first-order valence-corrected chi connectivity index (χ1v) is 9.00. The van der Waals surface area contributed by atoms with Gasteiger partial charge in [-0.3, -0.25) is 4.79 Å². The molecule has 0 heterocycles. The molecular weight excluding hydrogens is 326 g/mol. The topological polar surface area (TPSA) is 47.6 Å². The molecule has 1 N–H and O–H groups in total. The van der Waals surface area contributed by atoms with E-state index in [2.05, 4.69) is 39.9 Å². The molecule has 140 valence electrons. The zero-order valence-electron chi connectivity index (χ0n) is 16.3. The fourth-order valence-electron chi connectivity index (χ4n) is 2.45. The van der Waals surface area contributed by atoms with Crippen molar-refractivity contribution in [1.29, 1.82) is 0 Å². The van der Waals surface area contributed by atoms with Gasteiger partial charge in [-0.05, 0) is 47.2 Å². The van der Waals surface area contributed by atoms with E-state index < -0.39 is 0 Å². The summed E-state index contributed by atoms with van der Waals surface area (Å²) in [5.74, 6) is 1.83. The fraction of sp³-hybridized carbons (Fsp3) is 0.409. The van der Waals surface area contributed by atoms with Crippen molar-refractivity contribution in [2.75, 3.05) is 18.5 Å². The monoisotopic (exact) mass is 355 g/mol. The summed E-state index contributed by atoms with van der Waals surface area (Å²) >= 11 is 0. The summed E-state index contributed by atoms with van der Waals surface area (Å²) in [5, 5.41) is 2.84. The maximum absolute atomic E-state index is 12.2. The van der Waals surface area contributed by atoms with Gasteiger partial charge < -0.3 is 14.8 Å². The van der Waals surface area contributed by atoms with Crippen molar-refractivity contribution in [2.45, 2.75) is 40.0 Å². The molecule has 0 atom stereocenters. The van der Waals surface area contributed by atoms with Gasteiger partial charge >= 0.3 is 0 Å². The van der Waals surface area contributed by atoms with Gasteiger partial charge in [-0.25, -0.2) is 0 Å². The van der Waals surface area contributed by atoms with E-state index in [1.54, 1.807) is 0 Å². The van der Waals surface area contributed by atoms with Crippen LogP contribution in [-0.2, 0) is 10.2 Å². The molecule has 0 fully saturated rings. The number of benzene rings is 2. The molecule has 2 aromatic carbocycles. The SMILES string of the molecule is CC(C)COc1ccc(NC(=O)COc2ccccc2C(C)(C)C)cc1. The average Bonchev–Trinajstić information content (AvgIpc) is 2.59. The Morgan fingerprint density at radius 2 is 1.65 bits per heavy atom. The molecule has 4 nitrogen and oxygen atoms in total. The summed E-state index contributed by atoms with van der Waals surface area (Å²) < 4.78 is 11.4. The minimum absolute atomic E-state index is 0.0291. The van der Waals surface area contributed by atoms with E-state index in [0.29, 0.717) is 12.5 Å². The highest BCUT2D eigenvalue weighted by Gasteiger charge is 2.18. The molecule has 0 aliphatic rings. The summed E-state index contributed by atoms with van der Waals surface area (Å²) in [6.07, 6.45) is 0. The lowest BCUT2D eigenvalue weighted by atomic mass is 9.86. The smallest absolute Gasteiger partial charge is 0.262 e. The van der Waals surface area contributed by atoms with Crippen LogP contribution in [0.4, 0.5) is 5.69 Å². The quantitative estimate of drug-likeness (QED) is 0.757. The largest absolute Gasteiger partial charge is 0.493 e. The molecule has 2 aromatic rings. The van der Waals surface area contributed by atoms with Crippen LogP contribution in [0.1, 0.15) is 40.2 Å². The molecule has 26 heavy (non-hydrogen) atoms. The Morgan fingerprint density at radius 3 is 2.27 bits per heavy atom. The Hall–Kier alpha value is -2.49. The minimum atomic E-state index is -0.190. The van der Waals surface area contributed by atoms with E-state index in [1.165, 1.54) is 0 Å². The van der Waals surface area contributed by atoms with Crippen LogP contribution < -0.4 is 14.8 Å².